The number of guanidine groups is 1. The molecule has 120 valence electrons. The van der Waals surface area contributed by atoms with Crippen LogP contribution in [0.4, 0.5) is 0 Å². The maximum absolute atomic E-state index is 4.26. The van der Waals surface area contributed by atoms with Crippen LogP contribution >= 0.6 is 24.0 Å². The minimum Gasteiger partial charge on any atom is -0.355 e. The standard InChI is InChI=1S/C14H31N5.HI/c1-5-13(2)17-14(15-3)16-7-10-19-9-6-8-18(4)11-12-19;/h13H,5-12H2,1-4H3,(H2,15,16,17);1H. The number of likely N-dealkylation sites (N-methyl/N-ethyl adjacent to an activating group) is 1. The normalized spacial score (nSPS) is 19.9. The van der Waals surface area contributed by atoms with E-state index in [0.717, 1.165) is 25.5 Å². The lowest BCUT2D eigenvalue weighted by atomic mass is 10.3. The molecule has 1 aliphatic heterocycles. The summed E-state index contributed by atoms with van der Waals surface area (Å²) in [5, 5.41) is 6.78. The van der Waals surface area contributed by atoms with Gasteiger partial charge in [-0.1, -0.05) is 6.92 Å². The number of nitrogens with one attached hydrogen (secondary N) is 2. The Hall–Kier alpha value is -0.0800. The summed E-state index contributed by atoms with van der Waals surface area (Å²) < 4.78 is 0. The van der Waals surface area contributed by atoms with Crippen molar-refractivity contribution in [3.63, 3.8) is 0 Å². The zero-order chi connectivity index (χ0) is 14.1. The summed E-state index contributed by atoms with van der Waals surface area (Å²) in [6.07, 6.45) is 2.38. The van der Waals surface area contributed by atoms with Gasteiger partial charge in [-0.25, -0.2) is 0 Å². The second kappa shape index (κ2) is 11.6. The lowest BCUT2D eigenvalue weighted by Crippen LogP contribution is -2.45. The molecule has 1 aliphatic rings. The SMILES string of the molecule is CCC(C)NC(=NC)NCCN1CCCN(C)CC1.I. The van der Waals surface area contributed by atoms with E-state index in [1.54, 1.807) is 0 Å². The van der Waals surface area contributed by atoms with Crippen molar-refractivity contribution < 1.29 is 0 Å². The van der Waals surface area contributed by atoms with Gasteiger partial charge in [-0.15, -0.1) is 24.0 Å². The summed E-state index contributed by atoms with van der Waals surface area (Å²) in [5.74, 6) is 0.918. The van der Waals surface area contributed by atoms with Crippen molar-refractivity contribution in [1.82, 2.24) is 20.4 Å². The van der Waals surface area contributed by atoms with Gasteiger partial charge in [0.1, 0.15) is 0 Å². The minimum absolute atomic E-state index is 0. The van der Waals surface area contributed by atoms with Crippen LogP contribution in [0.25, 0.3) is 0 Å². The van der Waals surface area contributed by atoms with E-state index in [4.69, 9.17) is 0 Å². The molecule has 0 aromatic heterocycles. The maximum atomic E-state index is 4.26. The van der Waals surface area contributed by atoms with Gasteiger partial charge in [0.25, 0.3) is 0 Å². The molecule has 0 bridgehead atoms. The van der Waals surface area contributed by atoms with Gasteiger partial charge in [-0.2, -0.15) is 0 Å². The van der Waals surface area contributed by atoms with Gasteiger partial charge in [0.15, 0.2) is 5.96 Å². The molecule has 0 radical (unpaired) electrons. The molecule has 20 heavy (non-hydrogen) atoms. The average Bonchev–Trinajstić information content (AvgIpc) is 2.62. The molecule has 0 aromatic rings. The first-order valence-electron chi connectivity index (χ1n) is 7.53. The first-order valence-corrected chi connectivity index (χ1v) is 7.53. The minimum atomic E-state index is 0. The van der Waals surface area contributed by atoms with E-state index in [1.807, 2.05) is 7.05 Å². The van der Waals surface area contributed by atoms with Crippen molar-refractivity contribution in [2.75, 3.05) is 53.4 Å². The van der Waals surface area contributed by atoms with Crippen LogP contribution in [0, 0.1) is 0 Å². The van der Waals surface area contributed by atoms with E-state index in [1.165, 1.54) is 32.6 Å². The smallest absolute Gasteiger partial charge is 0.191 e. The molecule has 1 rings (SSSR count). The van der Waals surface area contributed by atoms with Crippen molar-refractivity contribution in [2.45, 2.75) is 32.7 Å². The van der Waals surface area contributed by atoms with Crippen molar-refractivity contribution >= 4 is 29.9 Å². The zero-order valence-electron chi connectivity index (χ0n) is 13.5. The molecule has 0 aliphatic carbocycles. The molecule has 0 amide bonds. The molecule has 0 spiro atoms. The van der Waals surface area contributed by atoms with Crippen LogP contribution in [0.5, 0.6) is 0 Å². The fourth-order valence-corrected chi connectivity index (χ4v) is 2.19. The van der Waals surface area contributed by atoms with E-state index >= 15 is 0 Å². The third kappa shape index (κ3) is 8.26. The molecule has 1 fully saturated rings. The average molecular weight is 397 g/mol. The molecule has 1 saturated heterocycles. The Bertz CT molecular complexity index is 272. The van der Waals surface area contributed by atoms with Gasteiger partial charge in [0.2, 0.25) is 0 Å². The molecule has 0 aromatic carbocycles. The van der Waals surface area contributed by atoms with Crippen LogP contribution in [0.1, 0.15) is 26.7 Å². The van der Waals surface area contributed by atoms with E-state index in [2.05, 4.69) is 46.3 Å². The highest BCUT2D eigenvalue weighted by Crippen LogP contribution is 1.99. The van der Waals surface area contributed by atoms with E-state index in [0.29, 0.717) is 6.04 Å². The second-order valence-corrected chi connectivity index (χ2v) is 5.45. The number of aliphatic imine (C=N–C) groups is 1. The van der Waals surface area contributed by atoms with E-state index in [-0.39, 0.29) is 24.0 Å². The lowest BCUT2D eigenvalue weighted by molar-refractivity contribution is 0.280. The fourth-order valence-electron chi connectivity index (χ4n) is 2.19. The van der Waals surface area contributed by atoms with Gasteiger partial charge >= 0.3 is 0 Å². The lowest BCUT2D eigenvalue weighted by Gasteiger charge is -2.22. The van der Waals surface area contributed by atoms with E-state index < -0.39 is 0 Å². The van der Waals surface area contributed by atoms with Crippen LogP contribution in [-0.2, 0) is 0 Å². The molecule has 1 heterocycles. The summed E-state index contributed by atoms with van der Waals surface area (Å²) in [4.78, 5) is 9.21. The maximum Gasteiger partial charge on any atom is 0.191 e. The highest BCUT2D eigenvalue weighted by atomic mass is 127. The molecular weight excluding hydrogens is 365 g/mol. The first kappa shape index (κ1) is 19.9. The molecule has 1 atom stereocenters. The molecule has 6 heteroatoms. The zero-order valence-corrected chi connectivity index (χ0v) is 15.8. The third-order valence-corrected chi connectivity index (χ3v) is 3.75. The van der Waals surface area contributed by atoms with Gasteiger partial charge < -0.3 is 20.4 Å². The van der Waals surface area contributed by atoms with Crippen LogP contribution in [-0.4, -0.2) is 75.2 Å². The Morgan fingerprint density at radius 1 is 1.25 bits per heavy atom. The Morgan fingerprint density at radius 2 is 2.00 bits per heavy atom. The van der Waals surface area contributed by atoms with E-state index in [9.17, 15) is 0 Å². The molecule has 1 unspecified atom stereocenters. The number of hydrogen-bond donors (Lipinski definition) is 2. The predicted molar refractivity (Wildman–Crippen MR) is 98.2 cm³/mol. The number of halogens is 1. The Labute approximate surface area is 141 Å². The summed E-state index contributed by atoms with van der Waals surface area (Å²) in [6, 6.07) is 0.470. The number of nitrogens with zero attached hydrogens (tertiary/aromatic N) is 3. The van der Waals surface area contributed by atoms with Crippen LogP contribution in [0.15, 0.2) is 4.99 Å². The fraction of sp³-hybridized carbons (Fsp3) is 0.929. The Kier molecular flexibility index (Phi) is 11.5. The molecule has 2 N–H and O–H groups in total. The Balaban J connectivity index is 0.00000361. The molecular formula is C14H32IN5. The summed E-state index contributed by atoms with van der Waals surface area (Å²) >= 11 is 0. The first-order chi connectivity index (χ1) is 9.15. The monoisotopic (exact) mass is 397 g/mol. The van der Waals surface area contributed by atoms with Crippen molar-refractivity contribution in [3.05, 3.63) is 0 Å². The van der Waals surface area contributed by atoms with Gasteiger partial charge in [0, 0.05) is 39.3 Å². The van der Waals surface area contributed by atoms with Crippen molar-refractivity contribution in [1.29, 1.82) is 0 Å². The van der Waals surface area contributed by atoms with Crippen molar-refractivity contribution in [2.24, 2.45) is 4.99 Å². The summed E-state index contributed by atoms with van der Waals surface area (Å²) in [5.41, 5.74) is 0. The number of rotatable bonds is 5. The highest BCUT2D eigenvalue weighted by molar-refractivity contribution is 14.0. The van der Waals surface area contributed by atoms with Crippen molar-refractivity contribution in [3.8, 4) is 0 Å². The summed E-state index contributed by atoms with van der Waals surface area (Å²) in [7, 11) is 4.04. The van der Waals surface area contributed by atoms with Crippen LogP contribution in [0.3, 0.4) is 0 Å². The molecule has 0 saturated carbocycles. The van der Waals surface area contributed by atoms with Gasteiger partial charge in [-0.3, -0.25) is 4.99 Å². The third-order valence-electron chi connectivity index (χ3n) is 3.75. The quantitative estimate of drug-likeness (QED) is 0.416. The van der Waals surface area contributed by atoms with Gasteiger partial charge in [0.05, 0.1) is 0 Å². The van der Waals surface area contributed by atoms with Crippen LogP contribution in [0.2, 0.25) is 0 Å². The number of hydrogen-bond acceptors (Lipinski definition) is 3. The highest BCUT2D eigenvalue weighted by Gasteiger charge is 2.11. The molecule has 5 nitrogen and oxygen atoms in total. The predicted octanol–water partition coefficient (Wildman–Crippen LogP) is 1.21. The van der Waals surface area contributed by atoms with Gasteiger partial charge in [-0.05, 0) is 39.9 Å². The Morgan fingerprint density at radius 3 is 2.65 bits per heavy atom. The van der Waals surface area contributed by atoms with Crippen LogP contribution < -0.4 is 10.6 Å². The largest absolute Gasteiger partial charge is 0.355 e. The summed E-state index contributed by atoms with van der Waals surface area (Å²) in [6.45, 7) is 11.2. The topological polar surface area (TPSA) is 42.9 Å². The second-order valence-electron chi connectivity index (χ2n) is 5.45.